The Balaban J connectivity index is 1.52. The Kier molecular flexibility index (Phi) is 3.58. The monoisotopic (exact) mass is 408 g/mol. The molecule has 0 aliphatic rings. The van der Waals surface area contributed by atoms with E-state index in [9.17, 15) is 0 Å². The van der Waals surface area contributed by atoms with Crippen molar-refractivity contribution in [1.82, 2.24) is 9.55 Å². The van der Waals surface area contributed by atoms with Crippen LogP contribution >= 0.6 is 0 Å². The lowest BCUT2D eigenvalue weighted by Crippen LogP contribution is -1.93. The van der Waals surface area contributed by atoms with E-state index in [1.54, 1.807) is 0 Å². The predicted molar refractivity (Wildman–Crippen MR) is 136 cm³/mol. The number of hydrogen-bond donors (Lipinski definition) is 1. The summed E-state index contributed by atoms with van der Waals surface area (Å²) in [6.07, 6.45) is 0. The Morgan fingerprint density at radius 1 is 0.438 bits per heavy atom. The molecule has 0 aliphatic heterocycles. The van der Waals surface area contributed by atoms with Crippen molar-refractivity contribution in [2.45, 2.75) is 0 Å². The Labute approximate surface area is 185 Å². The van der Waals surface area contributed by atoms with Gasteiger partial charge in [-0.25, -0.2) is 0 Å². The zero-order valence-corrected chi connectivity index (χ0v) is 17.4. The number of para-hydroxylation sites is 2. The standard InChI is InChI=1S/C30H20N2/c1-2-8-20(9-3-1)21-14-16-27-25(18-21)26-19-22(15-17-28(26)31-27)32-29-12-6-4-10-23(29)24-11-5-7-13-30(24)32/h1-19,31H. The minimum atomic E-state index is 1.16. The minimum absolute atomic E-state index is 1.16. The highest BCUT2D eigenvalue weighted by Gasteiger charge is 2.13. The van der Waals surface area contributed by atoms with E-state index in [0.717, 1.165) is 5.52 Å². The first-order valence-corrected chi connectivity index (χ1v) is 11.0. The van der Waals surface area contributed by atoms with Gasteiger partial charge in [0.25, 0.3) is 0 Å². The van der Waals surface area contributed by atoms with Crippen molar-refractivity contribution in [2.24, 2.45) is 0 Å². The van der Waals surface area contributed by atoms with Crippen molar-refractivity contribution in [3.63, 3.8) is 0 Å². The first-order valence-electron chi connectivity index (χ1n) is 11.0. The first kappa shape index (κ1) is 17.4. The number of aromatic amines is 1. The number of aromatic nitrogens is 2. The fraction of sp³-hybridized carbons (Fsp3) is 0. The third-order valence-electron chi connectivity index (χ3n) is 6.53. The molecular formula is C30H20N2. The molecule has 0 spiro atoms. The molecule has 5 aromatic carbocycles. The summed E-state index contributed by atoms with van der Waals surface area (Å²) in [6, 6.07) is 41.3. The maximum Gasteiger partial charge on any atom is 0.0541 e. The maximum absolute atomic E-state index is 3.59. The predicted octanol–water partition coefficient (Wildman–Crippen LogP) is 8.09. The number of fused-ring (bicyclic) bond motifs is 6. The van der Waals surface area contributed by atoms with Crippen LogP contribution in [0.4, 0.5) is 0 Å². The van der Waals surface area contributed by atoms with Crippen LogP contribution in [-0.2, 0) is 0 Å². The number of H-pyrrole nitrogens is 1. The van der Waals surface area contributed by atoms with Gasteiger partial charge in [0.15, 0.2) is 0 Å². The largest absolute Gasteiger partial charge is 0.355 e. The van der Waals surface area contributed by atoms with Gasteiger partial charge in [-0.05, 0) is 53.6 Å². The van der Waals surface area contributed by atoms with Crippen LogP contribution in [0.15, 0.2) is 115 Å². The van der Waals surface area contributed by atoms with E-state index in [1.807, 2.05) is 0 Å². The van der Waals surface area contributed by atoms with E-state index < -0.39 is 0 Å². The molecule has 0 saturated carbocycles. The summed E-state index contributed by atoms with van der Waals surface area (Å²) in [5, 5.41) is 5.07. The number of rotatable bonds is 2. The van der Waals surface area contributed by atoms with E-state index in [2.05, 4.69) is 125 Å². The van der Waals surface area contributed by atoms with E-state index in [0.29, 0.717) is 0 Å². The lowest BCUT2D eigenvalue weighted by atomic mass is 10.0. The van der Waals surface area contributed by atoms with E-state index in [-0.39, 0.29) is 0 Å². The average Bonchev–Trinajstić information content (AvgIpc) is 3.39. The van der Waals surface area contributed by atoms with E-state index in [4.69, 9.17) is 0 Å². The summed E-state index contributed by atoms with van der Waals surface area (Å²) in [7, 11) is 0. The van der Waals surface area contributed by atoms with Crippen LogP contribution in [0.2, 0.25) is 0 Å². The summed E-state index contributed by atoms with van der Waals surface area (Å²) in [4.78, 5) is 3.59. The zero-order chi connectivity index (χ0) is 21.1. The Bertz CT molecular complexity index is 1710. The molecule has 0 fully saturated rings. The van der Waals surface area contributed by atoms with Gasteiger partial charge in [-0.15, -0.1) is 0 Å². The lowest BCUT2D eigenvalue weighted by Gasteiger charge is -2.08. The summed E-state index contributed by atoms with van der Waals surface area (Å²) in [6.45, 7) is 0. The molecule has 1 N–H and O–H groups in total. The zero-order valence-electron chi connectivity index (χ0n) is 17.4. The molecule has 0 radical (unpaired) electrons. The molecule has 0 aliphatic carbocycles. The average molecular weight is 409 g/mol. The van der Waals surface area contributed by atoms with Crippen molar-refractivity contribution in [3.05, 3.63) is 115 Å². The SMILES string of the molecule is c1ccc(-c2ccc3[nH]c4ccc(-n5c6ccccc6c6ccccc65)cc4c3c2)cc1. The van der Waals surface area contributed by atoms with Crippen LogP contribution in [0.5, 0.6) is 0 Å². The summed E-state index contributed by atoms with van der Waals surface area (Å²) < 4.78 is 2.38. The van der Waals surface area contributed by atoms with Crippen LogP contribution < -0.4 is 0 Å². The smallest absolute Gasteiger partial charge is 0.0541 e. The topological polar surface area (TPSA) is 20.7 Å². The van der Waals surface area contributed by atoms with Crippen molar-refractivity contribution in [2.75, 3.05) is 0 Å². The third-order valence-corrected chi connectivity index (χ3v) is 6.53. The van der Waals surface area contributed by atoms with Crippen molar-refractivity contribution >= 4 is 43.6 Å². The molecule has 0 unspecified atom stereocenters. The van der Waals surface area contributed by atoms with Gasteiger partial charge in [0.1, 0.15) is 0 Å². The molecule has 32 heavy (non-hydrogen) atoms. The Morgan fingerprint density at radius 3 is 1.75 bits per heavy atom. The molecule has 7 rings (SSSR count). The molecular weight excluding hydrogens is 388 g/mol. The molecule has 150 valence electrons. The van der Waals surface area contributed by atoms with Crippen molar-refractivity contribution in [3.8, 4) is 16.8 Å². The molecule has 2 aromatic heterocycles. The van der Waals surface area contributed by atoms with Gasteiger partial charge in [-0.3, -0.25) is 0 Å². The third kappa shape index (κ3) is 2.47. The van der Waals surface area contributed by atoms with Crippen LogP contribution in [-0.4, -0.2) is 9.55 Å². The van der Waals surface area contributed by atoms with Gasteiger partial charge in [0.05, 0.1) is 11.0 Å². The highest BCUT2D eigenvalue weighted by atomic mass is 15.0. The molecule has 0 saturated heterocycles. The van der Waals surface area contributed by atoms with Gasteiger partial charge < -0.3 is 9.55 Å². The second kappa shape index (κ2) is 6.60. The van der Waals surface area contributed by atoms with Gasteiger partial charge in [0.2, 0.25) is 0 Å². The van der Waals surface area contributed by atoms with Gasteiger partial charge >= 0.3 is 0 Å². The fourth-order valence-corrected chi connectivity index (χ4v) is 5.04. The molecule has 0 bridgehead atoms. The number of nitrogens with zero attached hydrogens (tertiary/aromatic N) is 1. The molecule has 2 heteroatoms. The van der Waals surface area contributed by atoms with Gasteiger partial charge in [0, 0.05) is 38.3 Å². The number of benzene rings is 5. The number of nitrogens with one attached hydrogen (secondary N) is 1. The second-order valence-electron chi connectivity index (χ2n) is 8.35. The highest BCUT2D eigenvalue weighted by molar-refractivity contribution is 6.11. The van der Waals surface area contributed by atoms with Crippen LogP contribution in [0, 0.1) is 0 Å². The second-order valence-corrected chi connectivity index (χ2v) is 8.35. The van der Waals surface area contributed by atoms with E-state index >= 15 is 0 Å². The molecule has 0 atom stereocenters. The van der Waals surface area contributed by atoms with E-state index in [1.165, 1.54) is 54.9 Å². The Morgan fingerprint density at radius 2 is 1.03 bits per heavy atom. The number of hydrogen-bond acceptors (Lipinski definition) is 0. The van der Waals surface area contributed by atoms with Gasteiger partial charge in [-0.1, -0.05) is 72.8 Å². The summed E-state index contributed by atoms with van der Waals surface area (Å²) in [5.74, 6) is 0. The summed E-state index contributed by atoms with van der Waals surface area (Å²) in [5.41, 5.74) is 8.45. The molecule has 2 heterocycles. The molecule has 2 nitrogen and oxygen atoms in total. The van der Waals surface area contributed by atoms with Crippen LogP contribution in [0.1, 0.15) is 0 Å². The minimum Gasteiger partial charge on any atom is -0.355 e. The van der Waals surface area contributed by atoms with Crippen LogP contribution in [0.3, 0.4) is 0 Å². The normalized spacial score (nSPS) is 11.8. The maximum atomic E-state index is 3.59. The quantitative estimate of drug-likeness (QED) is 0.298. The fourth-order valence-electron chi connectivity index (χ4n) is 5.04. The van der Waals surface area contributed by atoms with Gasteiger partial charge in [-0.2, -0.15) is 0 Å². The van der Waals surface area contributed by atoms with Crippen LogP contribution in [0.25, 0.3) is 60.4 Å². The Hall–Kier alpha value is -4.30. The van der Waals surface area contributed by atoms with Crippen molar-refractivity contribution < 1.29 is 0 Å². The highest BCUT2D eigenvalue weighted by Crippen LogP contribution is 2.35. The van der Waals surface area contributed by atoms with Crippen molar-refractivity contribution in [1.29, 1.82) is 0 Å². The molecule has 0 amide bonds. The summed E-state index contributed by atoms with van der Waals surface area (Å²) >= 11 is 0. The first-order chi connectivity index (χ1) is 15.9. The lowest BCUT2D eigenvalue weighted by molar-refractivity contribution is 1.19. The molecule has 7 aromatic rings.